The smallest absolute Gasteiger partial charge is 0.384 e. The molecule has 1 aliphatic rings. The number of amides is 1. The monoisotopic (exact) mass is 345 g/mol. The van der Waals surface area contributed by atoms with Crippen LogP contribution in [0, 0.1) is 0 Å². The van der Waals surface area contributed by atoms with Gasteiger partial charge in [-0.3, -0.25) is 4.79 Å². The molecule has 0 unspecified atom stereocenters. The number of carbonyl (C=O) groups excluding carboxylic acids is 1. The number of rotatable bonds is 2. The molecule has 3 rings (SSSR count). The van der Waals surface area contributed by atoms with Gasteiger partial charge in [-0.05, 0) is 32.9 Å². The van der Waals surface area contributed by atoms with Crippen molar-refractivity contribution in [2.45, 2.75) is 33.3 Å². The highest BCUT2D eigenvalue weighted by Crippen LogP contribution is 2.23. The Labute approximate surface area is 146 Å². The number of aromatic nitrogens is 3. The highest BCUT2D eigenvalue weighted by molar-refractivity contribution is 5.87. The summed E-state index contributed by atoms with van der Waals surface area (Å²) in [5.74, 6) is 0.651. The van der Waals surface area contributed by atoms with Gasteiger partial charge in [-0.2, -0.15) is 4.98 Å². The molecule has 2 aromatic heterocycles. The van der Waals surface area contributed by atoms with Crippen LogP contribution in [0.2, 0.25) is 0 Å². The summed E-state index contributed by atoms with van der Waals surface area (Å²) in [5, 5.41) is 0.752. The first kappa shape index (κ1) is 17.2. The summed E-state index contributed by atoms with van der Waals surface area (Å²) in [5.41, 5.74) is -0.600. The normalized spacial score (nSPS) is 15.5. The Morgan fingerprint density at radius 3 is 2.48 bits per heavy atom. The molecule has 2 aromatic rings. The average molecular weight is 345 g/mol. The summed E-state index contributed by atoms with van der Waals surface area (Å²) in [6.45, 7) is 9.63. The molecule has 0 aliphatic carbocycles. The first-order valence-corrected chi connectivity index (χ1v) is 8.34. The van der Waals surface area contributed by atoms with Crippen molar-refractivity contribution < 1.29 is 9.63 Å². The van der Waals surface area contributed by atoms with E-state index >= 15 is 0 Å². The molecule has 0 bridgehead atoms. The second-order valence-electron chi connectivity index (χ2n) is 7.08. The molecule has 1 aliphatic heterocycles. The first-order chi connectivity index (χ1) is 11.8. The largest absolute Gasteiger partial charge is 0.402 e. The number of pyridine rings is 1. The number of fused-ring (bicyclic) bond motifs is 1. The molecule has 1 fully saturated rings. The van der Waals surface area contributed by atoms with Gasteiger partial charge in [0.05, 0.1) is 5.39 Å². The van der Waals surface area contributed by atoms with E-state index in [1.807, 2.05) is 37.8 Å². The van der Waals surface area contributed by atoms with Gasteiger partial charge < -0.3 is 14.6 Å². The molecule has 1 saturated heterocycles. The summed E-state index contributed by atoms with van der Waals surface area (Å²) in [6.07, 6.45) is 1.63. The number of piperazine rings is 1. The van der Waals surface area contributed by atoms with E-state index in [0.717, 1.165) is 10.1 Å². The van der Waals surface area contributed by atoms with E-state index in [0.29, 0.717) is 37.6 Å². The Balaban J connectivity index is 2.02. The molecular formula is C17H23N5O3. The van der Waals surface area contributed by atoms with E-state index in [9.17, 15) is 9.59 Å². The number of nitrogens with zero attached hydrogens (tertiary/aromatic N) is 5. The molecule has 8 heteroatoms. The Hall–Kier alpha value is -2.64. The van der Waals surface area contributed by atoms with Crippen molar-refractivity contribution in [3.05, 3.63) is 28.8 Å². The van der Waals surface area contributed by atoms with E-state index in [4.69, 9.17) is 4.84 Å². The summed E-state index contributed by atoms with van der Waals surface area (Å²) >= 11 is 0. The maximum atomic E-state index is 12.5. The van der Waals surface area contributed by atoms with Gasteiger partial charge in [0.15, 0.2) is 5.65 Å². The van der Waals surface area contributed by atoms with Crippen LogP contribution in [0.25, 0.3) is 11.0 Å². The van der Waals surface area contributed by atoms with E-state index in [1.54, 1.807) is 18.0 Å². The predicted molar refractivity (Wildman–Crippen MR) is 94.6 cm³/mol. The minimum Gasteiger partial charge on any atom is -0.402 e. The lowest BCUT2D eigenvalue weighted by atomic mass is 10.2. The Morgan fingerprint density at radius 1 is 1.20 bits per heavy atom. The van der Waals surface area contributed by atoms with Gasteiger partial charge in [0.25, 0.3) is 0 Å². The molecular weight excluding hydrogens is 322 g/mol. The van der Waals surface area contributed by atoms with Crippen molar-refractivity contribution in [3.63, 3.8) is 0 Å². The van der Waals surface area contributed by atoms with Crippen LogP contribution in [0.15, 0.2) is 23.1 Å². The fourth-order valence-electron chi connectivity index (χ4n) is 2.85. The molecule has 0 N–H and O–H groups in total. The minimum absolute atomic E-state index is 0.0631. The maximum absolute atomic E-state index is 12.5. The third kappa shape index (κ3) is 3.57. The van der Waals surface area contributed by atoms with Gasteiger partial charge in [-0.1, -0.05) is 0 Å². The lowest BCUT2D eigenvalue weighted by Crippen LogP contribution is -2.49. The summed E-state index contributed by atoms with van der Waals surface area (Å²) < 4.78 is 1.16. The Kier molecular flexibility index (Phi) is 4.36. The molecule has 0 atom stereocenters. The zero-order valence-corrected chi connectivity index (χ0v) is 15.0. The minimum atomic E-state index is -0.551. The second-order valence-corrected chi connectivity index (χ2v) is 7.08. The fourth-order valence-corrected chi connectivity index (χ4v) is 2.85. The van der Waals surface area contributed by atoms with Crippen LogP contribution in [0.3, 0.4) is 0 Å². The van der Waals surface area contributed by atoms with Crippen LogP contribution in [0.1, 0.15) is 27.7 Å². The SMILES string of the molecule is CC(=O)N1CCN(c2nc(=O)n(OC(C)(C)C)c3ncccc23)CC1. The number of hydrogen-bond donors (Lipinski definition) is 0. The molecule has 0 aromatic carbocycles. The third-order valence-electron chi connectivity index (χ3n) is 3.98. The van der Waals surface area contributed by atoms with Crippen LogP contribution in [0.4, 0.5) is 5.82 Å². The molecule has 0 saturated carbocycles. The van der Waals surface area contributed by atoms with Crippen molar-refractivity contribution >= 4 is 22.8 Å². The summed E-state index contributed by atoms with van der Waals surface area (Å²) in [4.78, 5) is 42.2. The molecule has 0 spiro atoms. The zero-order chi connectivity index (χ0) is 18.2. The van der Waals surface area contributed by atoms with E-state index < -0.39 is 11.3 Å². The van der Waals surface area contributed by atoms with Crippen LogP contribution in [-0.2, 0) is 4.79 Å². The Morgan fingerprint density at radius 2 is 1.88 bits per heavy atom. The van der Waals surface area contributed by atoms with Crippen LogP contribution in [0.5, 0.6) is 0 Å². The van der Waals surface area contributed by atoms with E-state index in [1.165, 1.54) is 0 Å². The van der Waals surface area contributed by atoms with E-state index in [-0.39, 0.29) is 5.91 Å². The number of hydrogen-bond acceptors (Lipinski definition) is 6. The van der Waals surface area contributed by atoms with Crippen molar-refractivity contribution in [1.29, 1.82) is 0 Å². The van der Waals surface area contributed by atoms with Crippen LogP contribution < -0.4 is 15.4 Å². The molecule has 134 valence electrons. The van der Waals surface area contributed by atoms with Crippen molar-refractivity contribution in [2.24, 2.45) is 0 Å². The first-order valence-electron chi connectivity index (χ1n) is 8.34. The predicted octanol–water partition coefficient (Wildman–Crippen LogP) is 0.687. The van der Waals surface area contributed by atoms with Gasteiger partial charge in [0.2, 0.25) is 5.91 Å². The highest BCUT2D eigenvalue weighted by atomic mass is 16.7. The molecule has 3 heterocycles. The molecule has 8 nitrogen and oxygen atoms in total. The van der Waals surface area contributed by atoms with Gasteiger partial charge in [0.1, 0.15) is 11.4 Å². The number of anilines is 1. The fraction of sp³-hybridized carbons (Fsp3) is 0.529. The standard InChI is InChI=1S/C17H23N5O3/c1-12(23)20-8-10-21(11-9-20)15-13-6-5-7-18-14(13)22(16(24)19-15)25-17(2,3)4/h5-7H,8-11H2,1-4H3. The van der Waals surface area contributed by atoms with Crippen molar-refractivity contribution in [1.82, 2.24) is 19.6 Å². The van der Waals surface area contributed by atoms with Gasteiger partial charge in [-0.15, -0.1) is 4.73 Å². The summed E-state index contributed by atoms with van der Waals surface area (Å²) in [7, 11) is 0. The topological polar surface area (TPSA) is 80.6 Å². The Bertz CT molecular complexity index is 847. The lowest BCUT2D eigenvalue weighted by molar-refractivity contribution is -0.129. The molecule has 1 amide bonds. The van der Waals surface area contributed by atoms with Gasteiger partial charge >= 0.3 is 5.69 Å². The summed E-state index contributed by atoms with van der Waals surface area (Å²) in [6, 6.07) is 3.69. The second kappa shape index (κ2) is 6.34. The lowest BCUT2D eigenvalue weighted by Gasteiger charge is -2.35. The molecule has 0 radical (unpaired) electrons. The average Bonchev–Trinajstić information content (AvgIpc) is 2.56. The van der Waals surface area contributed by atoms with Crippen molar-refractivity contribution in [2.75, 3.05) is 31.1 Å². The maximum Gasteiger partial charge on any atom is 0.384 e. The molecule has 25 heavy (non-hydrogen) atoms. The zero-order valence-electron chi connectivity index (χ0n) is 15.0. The quantitative estimate of drug-likeness (QED) is 0.797. The van der Waals surface area contributed by atoms with Crippen LogP contribution >= 0.6 is 0 Å². The highest BCUT2D eigenvalue weighted by Gasteiger charge is 2.24. The van der Waals surface area contributed by atoms with Gasteiger partial charge in [0, 0.05) is 39.3 Å². The van der Waals surface area contributed by atoms with Crippen molar-refractivity contribution in [3.8, 4) is 0 Å². The van der Waals surface area contributed by atoms with Crippen LogP contribution in [-0.4, -0.2) is 57.3 Å². The van der Waals surface area contributed by atoms with Gasteiger partial charge in [-0.25, -0.2) is 9.78 Å². The van der Waals surface area contributed by atoms with E-state index in [2.05, 4.69) is 9.97 Å². The third-order valence-corrected chi connectivity index (χ3v) is 3.98. The number of carbonyl (C=O) groups is 1.